The molecule has 1 atom stereocenters. The van der Waals surface area contributed by atoms with Crippen LogP contribution in [0.5, 0.6) is 0 Å². The number of rotatable bonds is 5. The molecule has 1 amide bonds. The van der Waals surface area contributed by atoms with Gasteiger partial charge >= 0.3 is 5.97 Å². The molecule has 0 fully saturated rings. The third kappa shape index (κ3) is 7.97. The second-order valence-electron chi connectivity index (χ2n) is 5.04. The van der Waals surface area contributed by atoms with Crippen molar-refractivity contribution in [2.24, 2.45) is 5.41 Å². The van der Waals surface area contributed by atoms with Crippen molar-refractivity contribution in [3.05, 3.63) is 0 Å². The number of carboxylic acids is 1. The first-order chi connectivity index (χ1) is 6.72. The maximum atomic E-state index is 11.3. The van der Waals surface area contributed by atoms with Crippen molar-refractivity contribution in [2.75, 3.05) is 0 Å². The molecule has 0 aromatic rings. The van der Waals surface area contributed by atoms with E-state index in [1.54, 1.807) is 0 Å². The highest BCUT2D eigenvalue weighted by atomic mass is 16.4. The van der Waals surface area contributed by atoms with Crippen LogP contribution in [0.1, 0.15) is 47.0 Å². The number of amides is 1. The van der Waals surface area contributed by atoms with E-state index in [0.717, 1.165) is 12.8 Å². The van der Waals surface area contributed by atoms with Crippen molar-refractivity contribution in [3.63, 3.8) is 0 Å². The zero-order valence-corrected chi connectivity index (χ0v) is 9.96. The van der Waals surface area contributed by atoms with Crippen molar-refractivity contribution >= 4 is 11.9 Å². The van der Waals surface area contributed by atoms with E-state index in [1.165, 1.54) is 6.92 Å². The summed E-state index contributed by atoms with van der Waals surface area (Å²) >= 11 is 0. The normalized spacial score (nSPS) is 13.3. The Balaban J connectivity index is 3.72. The molecule has 88 valence electrons. The van der Waals surface area contributed by atoms with Crippen LogP contribution in [-0.2, 0) is 9.59 Å². The van der Waals surface area contributed by atoms with Gasteiger partial charge in [-0.2, -0.15) is 0 Å². The molecule has 0 heterocycles. The summed E-state index contributed by atoms with van der Waals surface area (Å²) in [4.78, 5) is 21.7. The van der Waals surface area contributed by atoms with Crippen LogP contribution in [0.25, 0.3) is 0 Å². The molecule has 2 N–H and O–H groups in total. The van der Waals surface area contributed by atoms with E-state index in [4.69, 9.17) is 5.11 Å². The van der Waals surface area contributed by atoms with Crippen LogP contribution in [0, 0.1) is 5.41 Å². The van der Waals surface area contributed by atoms with Gasteiger partial charge in [0.15, 0.2) is 0 Å². The van der Waals surface area contributed by atoms with Crippen LogP contribution in [-0.4, -0.2) is 23.0 Å². The molecular formula is C11H21NO3. The number of aliphatic carboxylic acids is 1. The molecule has 0 aliphatic heterocycles. The van der Waals surface area contributed by atoms with Gasteiger partial charge in [0, 0.05) is 6.42 Å². The highest BCUT2D eigenvalue weighted by Crippen LogP contribution is 2.21. The van der Waals surface area contributed by atoms with Crippen LogP contribution >= 0.6 is 0 Å². The van der Waals surface area contributed by atoms with Crippen molar-refractivity contribution in [3.8, 4) is 0 Å². The number of hydrogen-bond donors (Lipinski definition) is 2. The Labute approximate surface area is 91.1 Å². The Morgan fingerprint density at radius 1 is 1.33 bits per heavy atom. The molecule has 0 aliphatic carbocycles. The van der Waals surface area contributed by atoms with E-state index in [9.17, 15) is 9.59 Å². The summed E-state index contributed by atoms with van der Waals surface area (Å²) in [5, 5.41) is 11.0. The van der Waals surface area contributed by atoms with E-state index in [0.29, 0.717) is 6.42 Å². The summed E-state index contributed by atoms with van der Waals surface area (Å²) in [6.07, 6.45) is 2.15. The standard InChI is InChI=1S/C11H21NO3/c1-8(10(14)15)12-9(13)6-5-7-11(2,3)4/h8H,5-7H2,1-4H3,(H,12,13)(H,14,15). The van der Waals surface area contributed by atoms with E-state index in [-0.39, 0.29) is 11.3 Å². The van der Waals surface area contributed by atoms with Gasteiger partial charge in [-0.3, -0.25) is 9.59 Å². The third-order valence-electron chi connectivity index (χ3n) is 2.08. The highest BCUT2D eigenvalue weighted by Gasteiger charge is 2.15. The lowest BCUT2D eigenvalue weighted by molar-refractivity contribution is -0.141. The fraction of sp³-hybridized carbons (Fsp3) is 0.818. The Bertz CT molecular complexity index is 230. The van der Waals surface area contributed by atoms with Crippen LogP contribution in [0.4, 0.5) is 0 Å². The minimum Gasteiger partial charge on any atom is -0.480 e. The zero-order valence-electron chi connectivity index (χ0n) is 9.96. The molecule has 0 spiro atoms. The van der Waals surface area contributed by atoms with E-state index in [2.05, 4.69) is 26.1 Å². The van der Waals surface area contributed by atoms with Crippen molar-refractivity contribution in [1.82, 2.24) is 5.32 Å². The molecule has 0 aromatic carbocycles. The molecular weight excluding hydrogens is 194 g/mol. The topological polar surface area (TPSA) is 66.4 Å². The lowest BCUT2D eigenvalue weighted by Crippen LogP contribution is -2.38. The van der Waals surface area contributed by atoms with E-state index in [1.807, 2.05) is 0 Å². The number of carbonyl (C=O) groups excluding carboxylic acids is 1. The van der Waals surface area contributed by atoms with Crippen LogP contribution in [0.2, 0.25) is 0 Å². The number of nitrogens with one attached hydrogen (secondary N) is 1. The minimum absolute atomic E-state index is 0.186. The van der Waals surface area contributed by atoms with Gasteiger partial charge in [-0.1, -0.05) is 20.8 Å². The van der Waals surface area contributed by atoms with Crippen molar-refractivity contribution in [2.45, 2.75) is 53.0 Å². The Hall–Kier alpha value is -1.06. The third-order valence-corrected chi connectivity index (χ3v) is 2.08. The Morgan fingerprint density at radius 2 is 1.87 bits per heavy atom. The van der Waals surface area contributed by atoms with Gasteiger partial charge in [-0.05, 0) is 25.2 Å². The molecule has 0 bridgehead atoms. The van der Waals surface area contributed by atoms with E-state index < -0.39 is 12.0 Å². The maximum Gasteiger partial charge on any atom is 0.325 e. The molecule has 4 heteroatoms. The molecule has 0 saturated carbocycles. The Kier molecular flexibility index (Phi) is 5.33. The SMILES string of the molecule is CC(NC(=O)CCCC(C)(C)C)C(=O)O. The largest absolute Gasteiger partial charge is 0.480 e. The molecule has 0 saturated heterocycles. The fourth-order valence-electron chi connectivity index (χ4n) is 1.15. The van der Waals surface area contributed by atoms with Crippen LogP contribution < -0.4 is 5.32 Å². The summed E-state index contributed by atoms with van der Waals surface area (Å²) in [5.41, 5.74) is 0.221. The van der Waals surface area contributed by atoms with Crippen LogP contribution in [0.15, 0.2) is 0 Å². The number of hydrogen-bond acceptors (Lipinski definition) is 2. The highest BCUT2D eigenvalue weighted by molar-refractivity contribution is 5.83. The average Bonchev–Trinajstić information content (AvgIpc) is 2.01. The Morgan fingerprint density at radius 3 is 2.27 bits per heavy atom. The summed E-state index contributed by atoms with van der Waals surface area (Å²) in [5.74, 6) is -1.19. The van der Waals surface area contributed by atoms with Crippen molar-refractivity contribution in [1.29, 1.82) is 0 Å². The quantitative estimate of drug-likeness (QED) is 0.734. The average molecular weight is 215 g/mol. The summed E-state index contributed by atoms with van der Waals surface area (Å²) in [7, 11) is 0. The molecule has 0 rings (SSSR count). The van der Waals surface area contributed by atoms with Gasteiger partial charge in [0.05, 0.1) is 0 Å². The number of carbonyl (C=O) groups is 2. The second-order valence-corrected chi connectivity index (χ2v) is 5.04. The smallest absolute Gasteiger partial charge is 0.325 e. The van der Waals surface area contributed by atoms with E-state index >= 15 is 0 Å². The predicted octanol–water partition coefficient (Wildman–Crippen LogP) is 1.79. The predicted molar refractivity (Wildman–Crippen MR) is 58.5 cm³/mol. The van der Waals surface area contributed by atoms with Gasteiger partial charge in [0.1, 0.15) is 6.04 Å². The summed E-state index contributed by atoms with van der Waals surface area (Å²) < 4.78 is 0. The lowest BCUT2D eigenvalue weighted by Gasteiger charge is -2.17. The summed E-state index contributed by atoms with van der Waals surface area (Å²) in [6.45, 7) is 7.81. The van der Waals surface area contributed by atoms with Crippen LogP contribution in [0.3, 0.4) is 0 Å². The van der Waals surface area contributed by atoms with Gasteiger partial charge in [0.2, 0.25) is 5.91 Å². The molecule has 1 unspecified atom stereocenters. The van der Waals surface area contributed by atoms with Gasteiger partial charge in [0.25, 0.3) is 0 Å². The molecule has 0 aliphatic rings. The monoisotopic (exact) mass is 215 g/mol. The first-order valence-corrected chi connectivity index (χ1v) is 5.24. The fourth-order valence-corrected chi connectivity index (χ4v) is 1.15. The first-order valence-electron chi connectivity index (χ1n) is 5.24. The van der Waals surface area contributed by atoms with Gasteiger partial charge in [-0.25, -0.2) is 0 Å². The van der Waals surface area contributed by atoms with Gasteiger partial charge in [-0.15, -0.1) is 0 Å². The molecule has 0 radical (unpaired) electrons. The van der Waals surface area contributed by atoms with Crippen molar-refractivity contribution < 1.29 is 14.7 Å². The summed E-state index contributed by atoms with van der Waals surface area (Å²) in [6, 6.07) is -0.799. The molecule has 15 heavy (non-hydrogen) atoms. The lowest BCUT2D eigenvalue weighted by atomic mass is 9.90. The molecule has 0 aromatic heterocycles. The maximum absolute atomic E-state index is 11.3. The number of carboxylic acid groups (broad SMARTS) is 1. The zero-order chi connectivity index (χ0) is 12.1. The second kappa shape index (κ2) is 5.73. The first kappa shape index (κ1) is 13.9. The molecule has 4 nitrogen and oxygen atoms in total. The minimum atomic E-state index is -1.00. The van der Waals surface area contributed by atoms with Gasteiger partial charge < -0.3 is 10.4 Å².